The molecule has 0 bridgehead atoms. The SMILES string of the molecule is CC(C)C(N)c1nc(CC(=O)NCCc2nccs2)cs1. The van der Waals surface area contributed by atoms with Gasteiger partial charge >= 0.3 is 0 Å². The molecule has 1 amide bonds. The second-order valence-corrected chi connectivity index (χ2v) is 7.02. The van der Waals surface area contributed by atoms with Crippen molar-refractivity contribution in [3.8, 4) is 0 Å². The van der Waals surface area contributed by atoms with E-state index in [-0.39, 0.29) is 11.9 Å². The van der Waals surface area contributed by atoms with Gasteiger partial charge in [0.2, 0.25) is 5.91 Å². The first kappa shape index (κ1) is 16.1. The number of carbonyl (C=O) groups excluding carboxylic acids is 1. The van der Waals surface area contributed by atoms with E-state index in [1.54, 1.807) is 17.5 Å². The molecule has 0 saturated heterocycles. The van der Waals surface area contributed by atoms with Crippen molar-refractivity contribution in [1.82, 2.24) is 15.3 Å². The highest BCUT2D eigenvalue weighted by Gasteiger charge is 2.15. The second kappa shape index (κ2) is 7.63. The third-order valence-electron chi connectivity index (χ3n) is 3.06. The van der Waals surface area contributed by atoms with Crippen molar-refractivity contribution in [3.05, 3.63) is 32.7 Å². The van der Waals surface area contributed by atoms with Crippen molar-refractivity contribution in [3.63, 3.8) is 0 Å². The van der Waals surface area contributed by atoms with Crippen molar-refractivity contribution < 1.29 is 4.79 Å². The summed E-state index contributed by atoms with van der Waals surface area (Å²) in [7, 11) is 0. The molecule has 21 heavy (non-hydrogen) atoms. The Balaban J connectivity index is 1.77. The van der Waals surface area contributed by atoms with Crippen molar-refractivity contribution in [2.75, 3.05) is 6.54 Å². The van der Waals surface area contributed by atoms with Crippen LogP contribution in [0.15, 0.2) is 17.0 Å². The number of carbonyl (C=O) groups is 1. The van der Waals surface area contributed by atoms with E-state index < -0.39 is 0 Å². The summed E-state index contributed by atoms with van der Waals surface area (Å²) >= 11 is 3.13. The Morgan fingerprint density at radius 3 is 2.90 bits per heavy atom. The Bertz CT molecular complexity index is 565. The minimum atomic E-state index is -0.0586. The van der Waals surface area contributed by atoms with Crippen molar-refractivity contribution in [1.29, 1.82) is 0 Å². The first-order valence-electron chi connectivity index (χ1n) is 6.91. The predicted molar refractivity (Wildman–Crippen MR) is 86.4 cm³/mol. The molecule has 7 heteroatoms. The Kier molecular flexibility index (Phi) is 5.84. The minimum absolute atomic E-state index is 0.0125. The molecule has 0 aliphatic heterocycles. The molecule has 1 unspecified atom stereocenters. The number of thiazole rings is 2. The van der Waals surface area contributed by atoms with Gasteiger partial charge in [0.15, 0.2) is 0 Å². The molecule has 2 aromatic rings. The molecule has 2 aromatic heterocycles. The summed E-state index contributed by atoms with van der Waals surface area (Å²) < 4.78 is 0. The van der Waals surface area contributed by atoms with Crippen LogP contribution in [0.3, 0.4) is 0 Å². The molecular weight excluding hydrogens is 304 g/mol. The molecule has 0 aliphatic carbocycles. The number of amides is 1. The molecule has 0 radical (unpaired) electrons. The second-order valence-electron chi connectivity index (χ2n) is 5.15. The number of hydrogen-bond acceptors (Lipinski definition) is 6. The summed E-state index contributed by atoms with van der Waals surface area (Å²) in [4.78, 5) is 20.5. The van der Waals surface area contributed by atoms with Gasteiger partial charge < -0.3 is 11.1 Å². The van der Waals surface area contributed by atoms with Gasteiger partial charge in [-0.2, -0.15) is 0 Å². The van der Waals surface area contributed by atoms with Gasteiger partial charge in [0.25, 0.3) is 0 Å². The number of hydrogen-bond donors (Lipinski definition) is 2. The van der Waals surface area contributed by atoms with Crippen LogP contribution in [0.1, 0.15) is 35.6 Å². The summed E-state index contributed by atoms with van der Waals surface area (Å²) in [5, 5.41) is 8.68. The molecule has 0 fully saturated rings. The Hall–Kier alpha value is -1.31. The third kappa shape index (κ3) is 4.87. The van der Waals surface area contributed by atoms with Gasteiger partial charge in [0.1, 0.15) is 5.01 Å². The highest BCUT2D eigenvalue weighted by molar-refractivity contribution is 7.09. The van der Waals surface area contributed by atoms with E-state index in [0.717, 1.165) is 22.1 Å². The monoisotopic (exact) mass is 324 g/mol. The van der Waals surface area contributed by atoms with Crippen LogP contribution in [0.5, 0.6) is 0 Å². The van der Waals surface area contributed by atoms with E-state index in [4.69, 9.17) is 5.73 Å². The van der Waals surface area contributed by atoms with Crippen molar-refractivity contribution in [2.45, 2.75) is 32.7 Å². The molecule has 0 aliphatic rings. The lowest BCUT2D eigenvalue weighted by molar-refractivity contribution is -0.120. The van der Waals surface area contributed by atoms with Gasteiger partial charge in [-0.05, 0) is 5.92 Å². The molecule has 5 nitrogen and oxygen atoms in total. The third-order valence-corrected chi connectivity index (χ3v) is 4.89. The number of nitrogens with two attached hydrogens (primary N) is 1. The van der Waals surface area contributed by atoms with Crippen LogP contribution in [0.25, 0.3) is 0 Å². The van der Waals surface area contributed by atoms with Gasteiger partial charge in [0, 0.05) is 29.9 Å². The quantitative estimate of drug-likeness (QED) is 0.818. The zero-order valence-corrected chi connectivity index (χ0v) is 13.8. The summed E-state index contributed by atoms with van der Waals surface area (Å²) in [6, 6.07) is -0.0586. The Labute approximate surface area is 132 Å². The minimum Gasteiger partial charge on any atom is -0.355 e. The molecule has 114 valence electrons. The van der Waals surface area contributed by atoms with E-state index in [1.807, 2.05) is 10.8 Å². The van der Waals surface area contributed by atoms with Crippen LogP contribution in [0, 0.1) is 5.92 Å². The molecule has 2 heterocycles. The van der Waals surface area contributed by atoms with E-state index >= 15 is 0 Å². The highest BCUT2D eigenvalue weighted by Crippen LogP contribution is 2.22. The molecule has 0 saturated carbocycles. The van der Waals surface area contributed by atoms with Crippen LogP contribution in [0.2, 0.25) is 0 Å². The molecule has 0 spiro atoms. The molecule has 1 atom stereocenters. The Morgan fingerprint density at radius 1 is 1.43 bits per heavy atom. The first-order chi connectivity index (χ1) is 10.1. The number of aromatic nitrogens is 2. The summed E-state index contributed by atoms with van der Waals surface area (Å²) in [5.74, 6) is 0.331. The van der Waals surface area contributed by atoms with Crippen molar-refractivity contribution >= 4 is 28.6 Å². The lowest BCUT2D eigenvalue weighted by Crippen LogP contribution is -2.27. The van der Waals surface area contributed by atoms with Gasteiger partial charge in [-0.1, -0.05) is 13.8 Å². The lowest BCUT2D eigenvalue weighted by atomic mass is 10.1. The Morgan fingerprint density at radius 2 is 2.24 bits per heavy atom. The van der Waals surface area contributed by atoms with Gasteiger partial charge in [-0.25, -0.2) is 9.97 Å². The summed E-state index contributed by atoms with van der Waals surface area (Å²) in [6.45, 7) is 4.74. The summed E-state index contributed by atoms with van der Waals surface area (Å²) in [6.07, 6.45) is 2.85. The fourth-order valence-electron chi connectivity index (χ4n) is 1.75. The highest BCUT2D eigenvalue weighted by atomic mass is 32.1. The maximum atomic E-state index is 11.9. The molecule has 2 rings (SSSR count). The predicted octanol–water partition coefficient (Wildman–Crippen LogP) is 2.16. The van der Waals surface area contributed by atoms with E-state index in [0.29, 0.717) is 18.9 Å². The van der Waals surface area contributed by atoms with Crippen molar-refractivity contribution in [2.24, 2.45) is 11.7 Å². The summed E-state index contributed by atoms with van der Waals surface area (Å²) in [5.41, 5.74) is 6.85. The zero-order chi connectivity index (χ0) is 15.2. The largest absolute Gasteiger partial charge is 0.355 e. The average molecular weight is 324 g/mol. The fourth-order valence-corrected chi connectivity index (χ4v) is 3.37. The number of rotatable bonds is 7. The fraction of sp³-hybridized carbons (Fsp3) is 0.500. The van der Waals surface area contributed by atoms with Gasteiger partial charge in [0.05, 0.1) is 23.2 Å². The van der Waals surface area contributed by atoms with Crippen LogP contribution in [0.4, 0.5) is 0 Å². The van der Waals surface area contributed by atoms with Crippen LogP contribution in [-0.4, -0.2) is 22.4 Å². The smallest absolute Gasteiger partial charge is 0.226 e. The molecule has 3 N–H and O–H groups in total. The zero-order valence-electron chi connectivity index (χ0n) is 12.2. The standard InChI is InChI=1S/C14H20N4OS2/c1-9(2)13(15)14-18-10(8-21-14)7-11(19)16-4-3-12-17-5-6-20-12/h5-6,8-9,13H,3-4,7,15H2,1-2H3,(H,16,19). The molecule has 0 aromatic carbocycles. The van der Waals surface area contributed by atoms with Crippen LogP contribution >= 0.6 is 22.7 Å². The van der Waals surface area contributed by atoms with Gasteiger partial charge in [-0.15, -0.1) is 22.7 Å². The maximum absolute atomic E-state index is 11.9. The topological polar surface area (TPSA) is 80.9 Å². The normalized spacial score (nSPS) is 12.6. The van der Waals surface area contributed by atoms with E-state index in [9.17, 15) is 4.79 Å². The molecular formula is C14H20N4OS2. The average Bonchev–Trinajstić information content (AvgIpc) is 3.09. The first-order valence-corrected chi connectivity index (χ1v) is 8.67. The number of nitrogens with one attached hydrogen (secondary N) is 1. The lowest BCUT2D eigenvalue weighted by Gasteiger charge is -2.11. The van der Waals surface area contributed by atoms with E-state index in [1.165, 1.54) is 11.3 Å². The maximum Gasteiger partial charge on any atom is 0.226 e. The van der Waals surface area contributed by atoms with Gasteiger partial charge in [-0.3, -0.25) is 4.79 Å². The van der Waals surface area contributed by atoms with Crippen LogP contribution < -0.4 is 11.1 Å². The number of nitrogens with zero attached hydrogens (tertiary/aromatic N) is 2. The van der Waals surface area contributed by atoms with Crippen LogP contribution in [-0.2, 0) is 17.6 Å². The van der Waals surface area contributed by atoms with E-state index in [2.05, 4.69) is 29.1 Å².